The Balaban J connectivity index is 1.77. The number of nitriles is 1. The molecule has 1 N–H and O–H groups in total. The van der Waals surface area contributed by atoms with Crippen LogP contribution in [0.3, 0.4) is 0 Å². The Hall–Kier alpha value is -2.87. The molecule has 3 aromatic rings. The maximum absolute atomic E-state index is 9.00. The number of H-pyrrole nitrogens is 1. The lowest BCUT2D eigenvalue weighted by atomic mass is 10.1. The van der Waals surface area contributed by atoms with Crippen molar-refractivity contribution in [2.75, 3.05) is 13.1 Å². The van der Waals surface area contributed by atoms with Crippen molar-refractivity contribution in [3.8, 4) is 17.3 Å². The molecule has 3 heterocycles. The van der Waals surface area contributed by atoms with Gasteiger partial charge < -0.3 is 9.88 Å². The summed E-state index contributed by atoms with van der Waals surface area (Å²) in [6, 6.07) is 12.2. The summed E-state index contributed by atoms with van der Waals surface area (Å²) in [4.78, 5) is 14.3. The van der Waals surface area contributed by atoms with Gasteiger partial charge in [-0.15, -0.1) is 0 Å². The van der Waals surface area contributed by atoms with Gasteiger partial charge in [-0.3, -0.25) is 0 Å². The van der Waals surface area contributed by atoms with Gasteiger partial charge in [0.2, 0.25) is 0 Å². The SMILES string of the molecule is N#CN1CCC(c2nc3c(-c4ccccc4)ccnc3[nH]2)C1. The van der Waals surface area contributed by atoms with Crippen molar-refractivity contribution >= 4 is 11.2 Å². The molecular formula is C17H15N5. The predicted molar refractivity (Wildman–Crippen MR) is 83.9 cm³/mol. The number of hydrogen-bond acceptors (Lipinski definition) is 4. The molecule has 0 saturated carbocycles. The van der Waals surface area contributed by atoms with Gasteiger partial charge in [-0.05, 0) is 18.1 Å². The third-order valence-corrected chi connectivity index (χ3v) is 4.20. The number of aromatic nitrogens is 3. The van der Waals surface area contributed by atoms with E-state index < -0.39 is 0 Å². The van der Waals surface area contributed by atoms with E-state index >= 15 is 0 Å². The first kappa shape index (κ1) is 12.8. The van der Waals surface area contributed by atoms with Crippen molar-refractivity contribution in [1.82, 2.24) is 19.9 Å². The molecule has 108 valence electrons. The maximum atomic E-state index is 9.00. The molecule has 1 aliphatic heterocycles. The quantitative estimate of drug-likeness (QED) is 0.736. The molecule has 0 aliphatic carbocycles. The number of nitrogens with one attached hydrogen (secondary N) is 1. The van der Waals surface area contributed by atoms with Gasteiger partial charge in [0.05, 0.1) is 0 Å². The van der Waals surface area contributed by atoms with Crippen LogP contribution in [0.4, 0.5) is 0 Å². The molecule has 1 unspecified atom stereocenters. The first-order valence-electron chi connectivity index (χ1n) is 7.40. The zero-order valence-corrected chi connectivity index (χ0v) is 12.0. The minimum Gasteiger partial charge on any atom is -0.326 e. The predicted octanol–water partition coefficient (Wildman–Crippen LogP) is 2.90. The summed E-state index contributed by atoms with van der Waals surface area (Å²) in [5, 5.41) is 9.00. The molecule has 1 fully saturated rings. The second kappa shape index (κ2) is 5.15. The van der Waals surface area contributed by atoms with Gasteiger partial charge in [0, 0.05) is 30.8 Å². The second-order valence-corrected chi connectivity index (χ2v) is 5.58. The average Bonchev–Trinajstić information content (AvgIpc) is 3.21. The van der Waals surface area contributed by atoms with Crippen molar-refractivity contribution in [1.29, 1.82) is 5.26 Å². The van der Waals surface area contributed by atoms with E-state index in [9.17, 15) is 0 Å². The Labute approximate surface area is 128 Å². The van der Waals surface area contributed by atoms with Crippen molar-refractivity contribution in [3.63, 3.8) is 0 Å². The fraction of sp³-hybridized carbons (Fsp3) is 0.235. The first-order valence-corrected chi connectivity index (χ1v) is 7.40. The number of rotatable bonds is 2. The standard InChI is InChI=1S/C17H15N5/c18-11-22-9-7-13(10-22)16-20-15-14(6-8-19-17(15)21-16)12-4-2-1-3-5-12/h1-6,8,13H,7,9-10H2,(H,19,20,21). The highest BCUT2D eigenvalue weighted by molar-refractivity contribution is 5.89. The van der Waals surface area contributed by atoms with Crippen LogP contribution in [0.2, 0.25) is 0 Å². The summed E-state index contributed by atoms with van der Waals surface area (Å²) in [7, 11) is 0. The topological polar surface area (TPSA) is 68.6 Å². The third kappa shape index (κ3) is 2.09. The van der Waals surface area contributed by atoms with Crippen LogP contribution >= 0.6 is 0 Å². The van der Waals surface area contributed by atoms with Crippen LogP contribution in [0.1, 0.15) is 18.2 Å². The van der Waals surface area contributed by atoms with Gasteiger partial charge in [0.25, 0.3) is 0 Å². The molecule has 0 spiro atoms. The van der Waals surface area contributed by atoms with Crippen molar-refractivity contribution in [3.05, 3.63) is 48.4 Å². The second-order valence-electron chi connectivity index (χ2n) is 5.58. The van der Waals surface area contributed by atoms with Crippen LogP contribution in [0.15, 0.2) is 42.6 Å². The summed E-state index contributed by atoms with van der Waals surface area (Å²) in [6.45, 7) is 1.54. The first-order chi connectivity index (χ1) is 10.8. The molecule has 22 heavy (non-hydrogen) atoms. The average molecular weight is 289 g/mol. The van der Waals surface area contributed by atoms with Crippen LogP contribution in [0.25, 0.3) is 22.3 Å². The van der Waals surface area contributed by atoms with Gasteiger partial charge in [-0.25, -0.2) is 9.97 Å². The summed E-state index contributed by atoms with van der Waals surface area (Å²) < 4.78 is 0. The minimum atomic E-state index is 0.275. The fourth-order valence-corrected chi connectivity index (χ4v) is 3.05. The molecular weight excluding hydrogens is 274 g/mol. The maximum Gasteiger partial charge on any atom is 0.179 e. The summed E-state index contributed by atoms with van der Waals surface area (Å²) in [5.41, 5.74) is 3.94. The molecule has 0 amide bonds. The third-order valence-electron chi connectivity index (χ3n) is 4.20. The number of pyridine rings is 1. The van der Waals surface area contributed by atoms with E-state index in [-0.39, 0.29) is 5.92 Å². The van der Waals surface area contributed by atoms with Crippen LogP contribution in [-0.4, -0.2) is 32.9 Å². The Bertz CT molecular complexity index is 846. The number of hydrogen-bond donors (Lipinski definition) is 1. The zero-order valence-electron chi connectivity index (χ0n) is 12.0. The molecule has 5 heteroatoms. The van der Waals surface area contributed by atoms with Gasteiger partial charge in [0.15, 0.2) is 11.8 Å². The molecule has 2 aromatic heterocycles. The minimum absolute atomic E-state index is 0.275. The van der Waals surface area contributed by atoms with Crippen LogP contribution in [0.5, 0.6) is 0 Å². The van der Waals surface area contributed by atoms with Gasteiger partial charge >= 0.3 is 0 Å². The van der Waals surface area contributed by atoms with E-state index in [2.05, 4.69) is 28.3 Å². The monoisotopic (exact) mass is 289 g/mol. The van der Waals surface area contributed by atoms with Crippen LogP contribution in [-0.2, 0) is 0 Å². The Kier molecular flexibility index (Phi) is 3.01. The fourth-order valence-electron chi connectivity index (χ4n) is 3.05. The van der Waals surface area contributed by atoms with E-state index in [0.29, 0.717) is 0 Å². The van der Waals surface area contributed by atoms with E-state index in [1.54, 1.807) is 4.90 Å². The summed E-state index contributed by atoms with van der Waals surface area (Å²) >= 11 is 0. The lowest BCUT2D eigenvalue weighted by Crippen LogP contribution is -2.13. The molecule has 1 aromatic carbocycles. The molecule has 1 saturated heterocycles. The number of likely N-dealkylation sites (tertiary alicyclic amines) is 1. The number of fused-ring (bicyclic) bond motifs is 1. The summed E-state index contributed by atoms with van der Waals surface area (Å²) in [6.07, 6.45) is 4.97. The van der Waals surface area contributed by atoms with Gasteiger partial charge in [-0.1, -0.05) is 30.3 Å². The van der Waals surface area contributed by atoms with Gasteiger partial charge in [0.1, 0.15) is 11.3 Å². The van der Waals surface area contributed by atoms with Crippen molar-refractivity contribution < 1.29 is 0 Å². The van der Waals surface area contributed by atoms with E-state index in [0.717, 1.165) is 47.6 Å². The molecule has 5 nitrogen and oxygen atoms in total. The molecule has 0 radical (unpaired) electrons. The molecule has 1 aliphatic rings. The number of benzene rings is 1. The highest BCUT2D eigenvalue weighted by Crippen LogP contribution is 2.30. The van der Waals surface area contributed by atoms with Crippen molar-refractivity contribution in [2.45, 2.75) is 12.3 Å². The van der Waals surface area contributed by atoms with E-state index in [1.807, 2.05) is 30.5 Å². The summed E-state index contributed by atoms with van der Waals surface area (Å²) in [5.74, 6) is 1.21. The number of imidazole rings is 1. The molecule has 1 atom stereocenters. The Morgan fingerprint density at radius 3 is 2.86 bits per heavy atom. The number of aromatic amines is 1. The smallest absolute Gasteiger partial charge is 0.179 e. The Morgan fingerprint density at radius 1 is 1.23 bits per heavy atom. The van der Waals surface area contributed by atoms with Crippen molar-refractivity contribution in [2.24, 2.45) is 0 Å². The lowest BCUT2D eigenvalue weighted by molar-refractivity contribution is 0.477. The normalized spacial score (nSPS) is 17.8. The Morgan fingerprint density at radius 2 is 2.09 bits per heavy atom. The van der Waals surface area contributed by atoms with E-state index in [4.69, 9.17) is 10.2 Å². The van der Waals surface area contributed by atoms with Gasteiger partial charge in [-0.2, -0.15) is 5.26 Å². The van der Waals surface area contributed by atoms with E-state index in [1.165, 1.54) is 0 Å². The lowest BCUT2D eigenvalue weighted by Gasteiger charge is -2.05. The highest BCUT2D eigenvalue weighted by atomic mass is 15.1. The molecule has 0 bridgehead atoms. The number of nitrogens with zero attached hydrogens (tertiary/aromatic N) is 4. The van der Waals surface area contributed by atoms with Crippen LogP contribution in [0, 0.1) is 11.5 Å². The molecule has 4 rings (SSSR count). The largest absolute Gasteiger partial charge is 0.326 e. The highest BCUT2D eigenvalue weighted by Gasteiger charge is 2.26. The van der Waals surface area contributed by atoms with Crippen LogP contribution < -0.4 is 0 Å². The zero-order chi connectivity index (χ0) is 14.9.